The maximum atomic E-state index is 12.5. The monoisotopic (exact) mass is 349 g/mol. The van der Waals surface area contributed by atoms with E-state index < -0.39 is 0 Å². The van der Waals surface area contributed by atoms with E-state index in [0.29, 0.717) is 0 Å². The molecule has 0 aromatic rings. The predicted molar refractivity (Wildman–Crippen MR) is 94.7 cm³/mol. The van der Waals surface area contributed by atoms with E-state index in [-0.39, 0.29) is 48.6 Å². The van der Waals surface area contributed by atoms with Gasteiger partial charge in [-0.2, -0.15) is 0 Å². The summed E-state index contributed by atoms with van der Waals surface area (Å²) >= 11 is 0. The Morgan fingerprint density at radius 2 is 1.60 bits per heavy atom. The molecule has 0 radical (unpaired) electrons. The molecule has 0 aromatic heterocycles. The Bertz CT molecular complexity index is 504. The Labute approximate surface area is 150 Å². The number of amides is 3. The van der Waals surface area contributed by atoms with Gasteiger partial charge < -0.3 is 9.80 Å². The molecule has 2 heterocycles. The summed E-state index contributed by atoms with van der Waals surface area (Å²) in [5.74, 6) is -0.270. The zero-order valence-electron chi connectivity index (χ0n) is 15.6. The number of likely N-dealkylation sites (tertiary alicyclic amines) is 2. The van der Waals surface area contributed by atoms with Crippen molar-refractivity contribution >= 4 is 17.7 Å². The van der Waals surface area contributed by atoms with Crippen molar-refractivity contribution in [1.29, 1.82) is 0 Å². The molecule has 0 aromatic carbocycles. The van der Waals surface area contributed by atoms with Gasteiger partial charge in [-0.05, 0) is 32.2 Å². The fourth-order valence-corrected chi connectivity index (χ4v) is 4.66. The highest BCUT2D eigenvalue weighted by atomic mass is 16.2. The van der Waals surface area contributed by atoms with Crippen LogP contribution >= 0.6 is 0 Å². The van der Waals surface area contributed by atoms with Crippen LogP contribution in [0.15, 0.2) is 0 Å². The second kappa shape index (κ2) is 7.85. The molecule has 2 aliphatic heterocycles. The number of imide groups is 1. The number of rotatable bonds is 5. The normalized spacial score (nSPS) is 28.3. The number of piperidine rings is 1. The SMILES string of the molecule is CCN1CCC(N(C)C(=O)CCN2C(=O)C3CCCCC3C2=O)CC1. The third-order valence-electron chi connectivity index (χ3n) is 6.43. The van der Waals surface area contributed by atoms with Gasteiger partial charge in [0, 0.05) is 39.1 Å². The molecule has 0 bridgehead atoms. The van der Waals surface area contributed by atoms with Crippen molar-refractivity contribution in [2.45, 2.75) is 57.9 Å². The summed E-state index contributed by atoms with van der Waals surface area (Å²) in [6.07, 6.45) is 5.98. The molecule has 1 aliphatic carbocycles. The lowest BCUT2D eigenvalue weighted by Gasteiger charge is -2.36. The van der Waals surface area contributed by atoms with Crippen molar-refractivity contribution in [3.05, 3.63) is 0 Å². The van der Waals surface area contributed by atoms with E-state index in [1.54, 1.807) is 0 Å². The zero-order chi connectivity index (χ0) is 18.0. The molecule has 6 nitrogen and oxygen atoms in total. The third-order valence-corrected chi connectivity index (χ3v) is 6.43. The molecule has 2 atom stereocenters. The standard InChI is InChI=1S/C19H31N3O3/c1-3-21-11-8-14(9-12-21)20(2)17(23)10-13-22-18(24)15-6-4-5-7-16(15)19(22)25/h14-16H,3-13H2,1-2H3. The van der Waals surface area contributed by atoms with E-state index in [4.69, 9.17) is 0 Å². The first kappa shape index (κ1) is 18.4. The Balaban J connectivity index is 1.50. The number of nitrogens with zero attached hydrogens (tertiary/aromatic N) is 3. The minimum Gasteiger partial charge on any atom is -0.343 e. The van der Waals surface area contributed by atoms with Crippen molar-refractivity contribution in [1.82, 2.24) is 14.7 Å². The van der Waals surface area contributed by atoms with Gasteiger partial charge in [0.2, 0.25) is 17.7 Å². The first-order valence-electron chi connectivity index (χ1n) is 9.86. The summed E-state index contributed by atoms with van der Waals surface area (Å²) in [6, 6.07) is 0.280. The minimum absolute atomic E-state index is 0.0404. The molecular formula is C19H31N3O3. The van der Waals surface area contributed by atoms with Gasteiger partial charge in [-0.1, -0.05) is 19.8 Å². The summed E-state index contributed by atoms with van der Waals surface area (Å²) < 4.78 is 0. The van der Waals surface area contributed by atoms with Crippen LogP contribution in [-0.2, 0) is 14.4 Å². The number of carbonyl (C=O) groups excluding carboxylic acids is 3. The van der Waals surface area contributed by atoms with E-state index in [9.17, 15) is 14.4 Å². The average molecular weight is 349 g/mol. The molecule has 1 saturated carbocycles. The second-order valence-electron chi connectivity index (χ2n) is 7.75. The second-order valence-corrected chi connectivity index (χ2v) is 7.75. The van der Waals surface area contributed by atoms with Gasteiger partial charge in [-0.15, -0.1) is 0 Å². The summed E-state index contributed by atoms with van der Waals surface area (Å²) in [4.78, 5) is 43.1. The first-order chi connectivity index (χ1) is 12.0. The topological polar surface area (TPSA) is 60.9 Å². The maximum absolute atomic E-state index is 12.5. The molecular weight excluding hydrogens is 318 g/mol. The van der Waals surface area contributed by atoms with Crippen LogP contribution in [0, 0.1) is 11.8 Å². The highest BCUT2D eigenvalue weighted by Gasteiger charge is 2.47. The van der Waals surface area contributed by atoms with E-state index in [0.717, 1.165) is 58.2 Å². The van der Waals surface area contributed by atoms with Crippen LogP contribution in [0.2, 0.25) is 0 Å². The highest BCUT2D eigenvalue weighted by Crippen LogP contribution is 2.38. The van der Waals surface area contributed by atoms with Crippen LogP contribution in [0.4, 0.5) is 0 Å². The van der Waals surface area contributed by atoms with Crippen LogP contribution in [0.3, 0.4) is 0 Å². The van der Waals surface area contributed by atoms with Gasteiger partial charge in [0.25, 0.3) is 0 Å². The van der Waals surface area contributed by atoms with E-state index >= 15 is 0 Å². The lowest BCUT2D eigenvalue weighted by atomic mass is 9.81. The predicted octanol–water partition coefficient (Wildman–Crippen LogP) is 1.49. The molecule has 0 N–H and O–H groups in total. The van der Waals surface area contributed by atoms with Gasteiger partial charge in [0.05, 0.1) is 11.8 Å². The van der Waals surface area contributed by atoms with E-state index in [1.807, 2.05) is 11.9 Å². The molecule has 6 heteroatoms. The molecule has 0 spiro atoms. The van der Waals surface area contributed by atoms with Crippen LogP contribution in [0.1, 0.15) is 51.9 Å². The molecule has 2 unspecified atom stereocenters. The Hall–Kier alpha value is -1.43. The maximum Gasteiger partial charge on any atom is 0.233 e. The fraction of sp³-hybridized carbons (Fsp3) is 0.842. The van der Waals surface area contributed by atoms with Gasteiger partial charge in [0.15, 0.2) is 0 Å². The summed E-state index contributed by atoms with van der Waals surface area (Å²) in [5.41, 5.74) is 0. The number of hydrogen-bond donors (Lipinski definition) is 0. The van der Waals surface area contributed by atoms with Crippen molar-refractivity contribution in [3.8, 4) is 0 Å². The molecule has 3 aliphatic rings. The van der Waals surface area contributed by atoms with Crippen molar-refractivity contribution in [2.24, 2.45) is 11.8 Å². The molecule has 3 fully saturated rings. The molecule has 140 valence electrons. The van der Waals surface area contributed by atoms with E-state index in [2.05, 4.69) is 11.8 Å². The van der Waals surface area contributed by atoms with Gasteiger partial charge >= 0.3 is 0 Å². The van der Waals surface area contributed by atoms with Gasteiger partial charge in [-0.3, -0.25) is 19.3 Å². The average Bonchev–Trinajstić information content (AvgIpc) is 2.90. The van der Waals surface area contributed by atoms with Crippen LogP contribution < -0.4 is 0 Å². The van der Waals surface area contributed by atoms with Gasteiger partial charge in [-0.25, -0.2) is 0 Å². The van der Waals surface area contributed by atoms with Crippen LogP contribution in [0.25, 0.3) is 0 Å². The fourth-order valence-electron chi connectivity index (χ4n) is 4.66. The summed E-state index contributed by atoms with van der Waals surface area (Å²) in [6.45, 7) is 5.54. The quantitative estimate of drug-likeness (QED) is 0.706. The zero-order valence-corrected chi connectivity index (χ0v) is 15.6. The number of hydrogen-bond acceptors (Lipinski definition) is 4. The summed E-state index contributed by atoms with van der Waals surface area (Å²) in [7, 11) is 1.86. The minimum atomic E-state index is -0.118. The Kier molecular flexibility index (Phi) is 5.77. The molecule has 3 rings (SSSR count). The van der Waals surface area contributed by atoms with Gasteiger partial charge in [0.1, 0.15) is 0 Å². The molecule has 25 heavy (non-hydrogen) atoms. The number of carbonyl (C=O) groups is 3. The van der Waals surface area contributed by atoms with Crippen LogP contribution in [0.5, 0.6) is 0 Å². The Morgan fingerprint density at radius 3 is 2.12 bits per heavy atom. The van der Waals surface area contributed by atoms with Crippen molar-refractivity contribution < 1.29 is 14.4 Å². The summed E-state index contributed by atoms with van der Waals surface area (Å²) in [5, 5.41) is 0. The Morgan fingerprint density at radius 1 is 1.04 bits per heavy atom. The number of fused-ring (bicyclic) bond motifs is 1. The van der Waals surface area contributed by atoms with Crippen LogP contribution in [-0.4, -0.2) is 71.7 Å². The molecule has 3 amide bonds. The largest absolute Gasteiger partial charge is 0.343 e. The van der Waals surface area contributed by atoms with E-state index in [1.165, 1.54) is 4.90 Å². The first-order valence-corrected chi connectivity index (χ1v) is 9.86. The molecule has 2 saturated heterocycles. The lowest BCUT2D eigenvalue weighted by molar-refractivity contribution is -0.141. The lowest BCUT2D eigenvalue weighted by Crippen LogP contribution is -2.46. The smallest absolute Gasteiger partial charge is 0.233 e. The van der Waals surface area contributed by atoms with Crippen molar-refractivity contribution in [2.75, 3.05) is 33.2 Å². The van der Waals surface area contributed by atoms with Crippen molar-refractivity contribution in [3.63, 3.8) is 0 Å². The highest BCUT2D eigenvalue weighted by molar-refractivity contribution is 6.05. The third kappa shape index (κ3) is 3.73.